The third-order valence-corrected chi connectivity index (χ3v) is 6.38. The third-order valence-electron chi connectivity index (χ3n) is 5.54. The molecular formula is C25H22N4O4S. The van der Waals surface area contributed by atoms with Gasteiger partial charge >= 0.3 is 0 Å². The van der Waals surface area contributed by atoms with Gasteiger partial charge in [0.1, 0.15) is 5.69 Å². The van der Waals surface area contributed by atoms with Crippen LogP contribution in [-0.4, -0.2) is 14.4 Å². The zero-order valence-corrected chi connectivity index (χ0v) is 19.2. The van der Waals surface area contributed by atoms with Crippen molar-refractivity contribution in [3.8, 4) is 11.3 Å². The highest BCUT2D eigenvalue weighted by atomic mass is 32.1. The molecule has 0 aliphatic heterocycles. The second-order valence-electron chi connectivity index (χ2n) is 7.81. The molecule has 172 valence electrons. The van der Waals surface area contributed by atoms with Crippen molar-refractivity contribution in [3.63, 3.8) is 0 Å². The Morgan fingerprint density at radius 3 is 2.26 bits per heavy atom. The predicted molar refractivity (Wildman–Crippen MR) is 132 cm³/mol. The maximum atomic E-state index is 11.5. The molecule has 0 saturated carbocycles. The molecule has 1 unspecified atom stereocenters. The van der Waals surface area contributed by atoms with Crippen molar-refractivity contribution in [1.29, 1.82) is 0 Å². The molecular weight excluding hydrogens is 452 g/mol. The summed E-state index contributed by atoms with van der Waals surface area (Å²) >= 11 is 1.39. The zero-order valence-electron chi connectivity index (χ0n) is 18.4. The summed E-state index contributed by atoms with van der Waals surface area (Å²) < 4.78 is 2.06. The lowest BCUT2D eigenvalue weighted by Gasteiger charge is -2.17. The number of non-ortho nitro benzene ring substituents is 1. The molecule has 1 heterocycles. The number of aryl methyl sites for hydroxylation is 1. The maximum Gasteiger partial charge on any atom is 0.294 e. The lowest BCUT2D eigenvalue weighted by molar-refractivity contribution is -0.384. The highest BCUT2D eigenvalue weighted by Crippen LogP contribution is 2.29. The fraction of sp³-hybridized carbons (Fsp3) is 0.160. The van der Waals surface area contributed by atoms with E-state index in [9.17, 15) is 20.2 Å². The summed E-state index contributed by atoms with van der Waals surface area (Å²) in [4.78, 5) is 27.0. The van der Waals surface area contributed by atoms with Crippen LogP contribution in [0.1, 0.15) is 24.9 Å². The van der Waals surface area contributed by atoms with Gasteiger partial charge < -0.3 is 4.57 Å². The first-order chi connectivity index (χ1) is 16.4. The van der Waals surface area contributed by atoms with Crippen LogP contribution in [-0.2, 0) is 6.42 Å². The molecule has 0 radical (unpaired) electrons. The molecule has 4 rings (SSSR count). The van der Waals surface area contributed by atoms with Crippen molar-refractivity contribution in [2.75, 3.05) is 0 Å². The predicted octanol–water partition coefficient (Wildman–Crippen LogP) is 6.46. The summed E-state index contributed by atoms with van der Waals surface area (Å²) in [6.07, 6.45) is 1.68. The average molecular weight is 475 g/mol. The first-order valence-electron chi connectivity index (χ1n) is 10.7. The first-order valence-corrected chi connectivity index (χ1v) is 11.6. The van der Waals surface area contributed by atoms with Crippen LogP contribution in [0.2, 0.25) is 0 Å². The van der Waals surface area contributed by atoms with E-state index in [0.29, 0.717) is 4.80 Å². The van der Waals surface area contributed by atoms with Crippen LogP contribution in [0.15, 0.2) is 89.2 Å². The first kappa shape index (κ1) is 23.1. The number of aromatic nitrogens is 1. The molecule has 0 spiro atoms. The van der Waals surface area contributed by atoms with Crippen LogP contribution in [0.3, 0.4) is 0 Å². The number of rotatable bonds is 8. The normalized spacial score (nSPS) is 12.4. The molecule has 0 bridgehead atoms. The van der Waals surface area contributed by atoms with Gasteiger partial charge in [-0.05, 0) is 49.1 Å². The van der Waals surface area contributed by atoms with Crippen LogP contribution >= 0.6 is 11.3 Å². The highest BCUT2D eigenvalue weighted by Gasteiger charge is 2.17. The number of hydrogen-bond donors (Lipinski definition) is 0. The second kappa shape index (κ2) is 10.2. The number of nitro groups is 2. The summed E-state index contributed by atoms with van der Waals surface area (Å²) in [7, 11) is 0. The summed E-state index contributed by atoms with van der Waals surface area (Å²) in [5.74, 6) is 0. The Morgan fingerprint density at radius 2 is 1.59 bits per heavy atom. The molecule has 0 fully saturated rings. The lowest BCUT2D eigenvalue weighted by atomic mass is 10.1. The smallest absolute Gasteiger partial charge is 0.294 e. The van der Waals surface area contributed by atoms with Gasteiger partial charge in [-0.1, -0.05) is 42.5 Å². The Balaban J connectivity index is 1.79. The number of para-hydroxylation sites is 2. The Hall–Kier alpha value is -4.11. The quantitative estimate of drug-likeness (QED) is 0.216. The molecule has 0 amide bonds. The summed E-state index contributed by atoms with van der Waals surface area (Å²) in [6, 6.07) is 23.0. The van der Waals surface area contributed by atoms with Crippen LogP contribution < -0.4 is 4.80 Å². The standard InChI is InChI=1S/C25H22N4O4S/c1-18(11-12-19-7-3-2-4-8-19)27-24(20-13-15-21(16-14-20)28(30)31)17-34-25(27)26-22-9-5-6-10-23(22)29(32)33/h2-10,13-18H,11-12H2,1H3. The minimum absolute atomic E-state index is 0.0208. The topological polar surface area (TPSA) is 104 Å². The van der Waals surface area contributed by atoms with Crippen LogP contribution in [0.25, 0.3) is 11.3 Å². The monoisotopic (exact) mass is 474 g/mol. The third kappa shape index (κ3) is 5.10. The Bertz CT molecular complexity index is 1380. The Labute approximate surface area is 199 Å². The molecule has 3 aromatic carbocycles. The molecule has 34 heavy (non-hydrogen) atoms. The zero-order chi connectivity index (χ0) is 24.1. The summed E-state index contributed by atoms with van der Waals surface area (Å²) in [5.41, 5.74) is 3.15. The van der Waals surface area contributed by atoms with Crippen LogP contribution in [0.5, 0.6) is 0 Å². The molecule has 9 heteroatoms. The van der Waals surface area contributed by atoms with Crippen molar-refractivity contribution in [3.05, 3.63) is 115 Å². The molecule has 0 aliphatic carbocycles. The summed E-state index contributed by atoms with van der Waals surface area (Å²) in [6.45, 7) is 2.09. The van der Waals surface area contributed by atoms with Gasteiger partial charge in [0.25, 0.3) is 11.4 Å². The SMILES string of the molecule is CC(CCc1ccccc1)n1c(-c2ccc([N+](=O)[O-])cc2)csc1=Nc1ccccc1[N+](=O)[O-]. The van der Waals surface area contributed by atoms with Crippen LogP contribution in [0, 0.1) is 20.2 Å². The van der Waals surface area contributed by atoms with Crippen molar-refractivity contribution in [2.45, 2.75) is 25.8 Å². The van der Waals surface area contributed by atoms with Crippen molar-refractivity contribution < 1.29 is 9.85 Å². The van der Waals surface area contributed by atoms with E-state index in [4.69, 9.17) is 0 Å². The Morgan fingerprint density at radius 1 is 0.912 bits per heavy atom. The van der Waals surface area contributed by atoms with Gasteiger partial charge in [-0.25, -0.2) is 4.99 Å². The number of benzene rings is 3. The van der Waals surface area contributed by atoms with Crippen molar-refractivity contribution in [2.24, 2.45) is 4.99 Å². The minimum atomic E-state index is -0.438. The van der Waals surface area contributed by atoms with E-state index in [2.05, 4.69) is 28.6 Å². The number of nitro benzene ring substituents is 2. The average Bonchev–Trinajstić information content (AvgIpc) is 3.27. The van der Waals surface area contributed by atoms with Gasteiger partial charge in [-0.15, -0.1) is 11.3 Å². The second-order valence-corrected chi connectivity index (χ2v) is 8.64. The van der Waals surface area contributed by atoms with Gasteiger partial charge in [-0.2, -0.15) is 0 Å². The molecule has 0 saturated heterocycles. The maximum absolute atomic E-state index is 11.5. The molecule has 0 aliphatic rings. The number of hydrogen-bond acceptors (Lipinski definition) is 6. The van der Waals surface area contributed by atoms with Gasteiger partial charge in [0.2, 0.25) is 0 Å². The van der Waals surface area contributed by atoms with Gasteiger partial charge in [0.15, 0.2) is 4.80 Å². The molecule has 0 N–H and O–H groups in total. The van der Waals surface area contributed by atoms with Crippen molar-refractivity contribution in [1.82, 2.24) is 4.57 Å². The lowest BCUT2D eigenvalue weighted by Crippen LogP contribution is -2.20. The van der Waals surface area contributed by atoms with Gasteiger partial charge in [0, 0.05) is 29.6 Å². The Kier molecular flexibility index (Phi) is 6.93. The van der Waals surface area contributed by atoms with Crippen LogP contribution in [0.4, 0.5) is 17.1 Å². The van der Waals surface area contributed by atoms with E-state index in [-0.39, 0.29) is 23.1 Å². The van der Waals surface area contributed by atoms with Crippen molar-refractivity contribution >= 4 is 28.4 Å². The van der Waals surface area contributed by atoms with E-state index in [1.54, 1.807) is 30.3 Å². The largest absolute Gasteiger partial charge is 0.314 e. The van der Waals surface area contributed by atoms with E-state index in [1.807, 2.05) is 23.6 Å². The van der Waals surface area contributed by atoms with E-state index >= 15 is 0 Å². The number of nitrogens with zero attached hydrogens (tertiary/aromatic N) is 4. The molecule has 1 atom stereocenters. The molecule has 4 aromatic rings. The fourth-order valence-corrected chi connectivity index (χ4v) is 4.77. The highest BCUT2D eigenvalue weighted by molar-refractivity contribution is 7.07. The van der Waals surface area contributed by atoms with E-state index in [1.165, 1.54) is 35.1 Å². The van der Waals surface area contributed by atoms with Gasteiger partial charge in [0.05, 0.1) is 15.5 Å². The fourth-order valence-electron chi connectivity index (χ4n) is 3.76. The molecule has 8 nitrogen and oxygen atoms in total. The summed E-state index contributed by atoms with van der Waals surface area (Å²) in [5, 5.41) is 24.5. The van der Waals surface area contributed by atoms with E-state index < -0.39 is 9.85 Å². The van der Waals surface area contributed by atoms with E-state index in [0.717, 1.165) is 24.1 Å². The minimum Gasteiger partial charge on any atom is -0.314 e. The number of thiazole rings is 1. The van der Waals surface area contributed by atoms with Gasteiger partial charge in [-0.3, -0.25) is 20.2 Å². The molecule has 1 aromatic heterocycles.